The number of halogens is 3. The molecular weight excluding hydrogens is 183 g/mol. The minimum atomic E-state index is -4.57. The van der Waals surface area contributed by atoms with Gasteiger partial charge in [0.05, 0.1) is 0 Å². The molecule has 6 heteroatoms. The van der Waals surface area contributed by atoms with Gasteiger partial charge >= 0.3 is 6.18 Å². The lowest BCUT2D eigenvalue weighted by Gasteiger charge is -2.09. The van der Waals surface area contributed by atoms with Crippen LogP contribution in [-0.2, 0) is 0 Å². The first-order valence-corrected chi connectivity index (χ1v) is 3.28. The predicted molar refractivity (Wildman–Crippen MR) is 44.8 cm³/mol. The molecule has 0 aromatic heterocycles. The summed E-state index contributed by atoms with van der Waals surface area (Å²) in [5.41, 5.74) is 8.55. The summed E-state index contributed by atoms with van der Waals surface area (Å²) in [6.45, 7) is 4.24. The minimum Gasteiger partial charge on any atom is -0.404 e. The second-order valence-electron chi connectivity index (χ2n) is 2.30. The second kappa shape index (κ2) is 3.97. The Kier molecular flexibility index (Phi) is 3.53. The van der Waals surface area contributed by atoms with Gasteiger partial charge in [-0.2, -0.15) is 13.2 Å². The SMILES string of the molecule is C=C(N)N=C(/C(C)=C\N)C(F)(F)F. The topological polar surface area (TPSA) is 64.4 Å². The number of nitrogens with two attached hydrogens (primary N) is 2. The molecular formula is C7H10F3N3. The first-order valence-electron chi connectivity index (χ1n) is 3.28. The predicted octanol–water partition coefficient (Wildman–Crippen LogP) is 1.28. The van der Waals surface area contributed by atoms with E-state index < -0.39 is 17.7 Å². The van der Waals surface area contributed by atoms with Crippen molar-refractivity contribution in [3.8, 4) is 0 Å². The summed E-state index contributed by atoms with van der Waals surface area (Å²) in [6, 6.07) is 0. The summed E-state index contributed by atoms with van der Waals surface area (Å²) < 4.78 is 36.6. The largest absolute Gasteiger partial charge is 0.433 e. The maximum absolute atomic E-state index is 12.2. The van der Waals surface area contributed by atoms with E-state index in [9.17, 15) is 13.2 Å². The van der Waals surface area contributed by atoms with Gasteiger partial charge in [0.1, 0.15) is 5.82 Å². The average Bonchev–Trinajstić information content (AvgIpc) is 1.96. The smallest absolute Gasteiger partial charge is 0.404 e. The van der Waals surface area contributed by atoms with Gasteiger partial charge in [0.25, 0.3) is 0 Å². The van der Waals surface area contributed by atoms with E-state index in [4.69, 9.17) is 11.5 Å². The van der Waals surface area contributed by atoms with Gasteiger partial charge in [0, 0.05) is 0 Å². The molecule has 0 bridgehead atoms. The monoisotopic (exact) mass is 193 g/mol. The van der Waals surface area contributed by atoms with E-state index in [1.807, 2.05) is 0 Å². The van der Waals surface area contributed by atoms with Crippen molar-refractivity contribution in [1.82, 2.24) is 0 Å². The molecule has 4 N–H and O–H groups in total. The molecule has 0 radical (unpaired) electrons. The zero-order valence-corrected chi connectivity index (χ0v) is 7.02. The number of allylic oxidation sites excluding steroid dienone is 1. The molecule has 0 amide bonds. The molecule has 0 saturated carbocycles. The van der Waals surface area contributed by atoms with Crippen LogP contribution < -0.4 is 11.5 Å². The summed E-state index contributed by atoms with van der Waals surface area (Å²) in [5.74, 6) is -0.409. The lowest BCUT2D eigenvalue weighted by Crippen LogP contribution is -2.25. The molecule has 0 rings (SSSR count). The number of hydrogen-bond acceptors (Lipinski definition) is 3. The van der Waals surface area contributed by atoms with Crippen LogP contribution in [0, 0.1) is 0 Å². The van der Waals surface area contributed by atoms with E-state index in [0.717, 1.165) is 6.20 Å². The number of aliphatic imine (C=N–C) groups is 1. The Morgan fingerprint density at radius 3 is 2.15 bits per heavy atom. The maximum Gasteiger partial charge on any atom is 0.433 e. The zero-order chi connectivity index (χ0) is 10.6. The van der Waals surface area contributed by atoms with E-state index >= 15 is 0 Å². The summed E-state index contributed by atoms with van der Waals surface area (Å²) in [7, 11) is 0. The van der Waals surface area contributed by atoms with E-state index in [1.165, 1.54) is 6.92 Å². The second-order valence-corrected chi connectivity index (χ2v) is 2.30. The van der Waals surface area contributed by atoms with E-state index in [-0.39, 0.29) is 5.57 Å². The molecule has 0 atom stereocenters. The van der Waals surface area contributed by atoms with Gasteiger partial charge in [0.2, 0.25) is 0 Å². The first-order chi connectivity index (χ1) is 5.79. The van der Waals surface area contributed by atoms with Crippen LogP contribution in [0.25, 0.3) is 0 Å². The lowest BCUT2D eigenvalue weighted by molar-refractivity contribution is -0.0582. The van der Waals surface area contributed by atoms with Crippen LogP contribution in [0.15, 0.2) is 29.2 Å². The Morgan fingerprint density at radius 2 is 1.92 bits per heavy atom. The fourth-order valence-corrected chi connectivity index (χ4v) is 0.598. The lowest BCUT2D eigenvalue weighted by atomic mass is 10.2. The summed E-state index contributed by atoms with van der Waals surface area (Å²) in [6.07, 6.45) is -3.75. The molecule has 0 unspecified atom stereocenters. The van der Waals surface area contributed by atoms with Gasteiger partial charge in [0.15, 0.2) is 5.71 Å². The van der Waals surface area contributed by atoms with E-state index in [2.05, 4.69) is 11.6 Å². The highest BCUT2D eigenvalue weighted by molar-refractivity contribution is 6.04. The Hall–Kier alpha value is -1.46. The first kappa shape index (κ1) is 11.5. The molecule has 0 heterocycles. The van der Waals surface area contributed by atoms with Crippen molar-refractivity contribution in [1.29, 1.82) is 0 Å². The van der Waals surface area contributed by atoms with Gasteiger partial charge < -0.3 is 11.5 Å². The Balaban J connectivity index is 5.12. The highest BCUT2D eigenvalue weighted by Crippen LogP contribution is 2.22. The van der Waals surface area contributed by atoms with Crippen molar-refractivity contribution < 1.29 is 13.2 Å². The number of nitrogens with zero attached hydrogens (tertiary/aromatic N) is 1. The van der Waals surface area contributed by atoms with Crippen molar-refractivity contribution in [3.05, 3.63) is 24.2 Å². The highest BCUT2D eigenvalue weighted by Gasteiger charge is 2.36. The van der Waals surface area contributed by atoms with Crippen LogP contribution in [0.4, 0.5) is 13.2 Å². The molecule has 13 heavy (non-hydrogen) atoms. The molecule has 0 aromatic carbocycles. The minimum absolute atomic E-state index is 0.195. The third kappa shape index (κ3) is 3.64. The van der Waals surface area contributed by atoms with Crippen LogP contribution in [0.3, 0.4) is 0 Å². The molecule has 0 saturated heterocycles. The number of hydrogen-bond donors (Lipinski definition) is 2. The van der Waals surface area contributed by atoms with Crippen molar-refractivity contribution in [3.63, 3.8) is 0 Å². The van der Waals surface area contributed by atoms with Gasteiger partial charge in [-0.1, -0.05) is 6.58 Å². The Labute approximate surface area is 73.6 Å². The van der Waals surface area contributed by atoms with E-state index in [1.54, 1.807) is 0 Å². The van der Waals surface area contributed by atoms with Gasteiger partial charge in [-0.05, 0) is 18.7 Å². The summed E-state index contributed by atoms with van der Waals surface area (Å²) in [5, 5.41) is 0. The molecule has 0 aliphatic rings. The standard InChI is InChI=1S/C7H10F3N3/c1-4(3-11)6(7(8,9)10)13-5(2)12/h3H,2,11-12H2,1H3/b4-3-,13-6?. The van der Waals surface area contributed by atoms with Crippen molar-refractivity contribution >= 4 is 5.71 Å². The average molecular weight is 193 g/mol. The van der Waals surface area contributed by atoms with Crippen molar-refractivity contribution in [2.75, 3.05) is 0 Å². The maximum atomic E-state index is 12.2. The molecule has 74 valence electrons. The Bertz CT molecular complexity index is 263. The van der Waals surface area contributed by atoms with Crippen LogP contribution in [-0.4, -0.2) is 11.9 Å². The van der Waals surface area contributed by atoms with Gasteiger partial charge in [-0.15, -0.1) is 0 Å². The summed E-state index contributed by atoms with van der Waals surface area (Å²) in [4.78, 5) is 3.05. The molecule has 0 aromatic rings. The summed E-state index contributed by atoms with van der Waals surface area (Å²) >= 11 is 0. The Morgan fingerprint density at radius 1 is 1.46 bits per heavy atom. The van der Waals surface area contributed by atoms with Gasteiger partial charge in [-0.3, -0.25) is 0 Å². The molecule has 0 aliphatic carbocycles. The molecule has 0 fully saturated rings. The zero-order valence-electron chi connectivity index (χ0n) is 7.02. The third-order valence-electron chi connectivity index (χ3n) is 1.15. The van der Waals surface area contributed by atoms with E-state index in [0.29, 0.717) is 0 Å². The third-order valence-corrected chi connectivity index (χ3v) is 1.15. The van der Waals surface area contributed by atoms with Crippen molar-refractivity contribution in [2.45, 2.75) is 13.1 Å². The van der Waals surface area contributed by atoms with Crippen LogP contribution in [0.5, 0.6) is 0 Å². The van der Waals surface area contributed by atoms with Crippen LogP contribution in [0.1, 0.15) is 6.92 Å². The highest BCUT2D eigenvalue weighted by atomic mass is 19.4. The number of alkyl halides is 3. The molecule has 0 spiro atoms. The molecule has 3 nitrogen and oxygen atoms in total. The van der Waals surface area contributed by atoms with Crippen LogP contribution >= 0.6 is 0 Å². The van der Waals surface area contributed by atoms with Crippen LogP contribution in [0.2, 0.25) is 0 Å². The fourth-order valence-electron chi connectivity index (χ4n) is 0.598. The molecule has 0 aliphatic heterocycles. The van der Waals surface area contributed by atoms with Crippen molar-refractivity contribution in [2.24, 2.45) is 16.5 Å². The quantitative estimate of drug-likeness (QED) is 0.649. The fraction of sp³-hybridized carbons (Fsp3) is 0.286. The number of rotatable bonds is 2. The van der Waals surface area contributed by atoms with Gasteiger partial charge in [-0.25, -0.2) is 4.99 Å². The normalized spacial score (nSPS) is 14.5.